The van der Waals surface area contributed by atoms with Crippen LogP contribution in [0.2, 0.25) is 5.02 Å². The summed E-state index contributed by atoms with van der Waals surface area (Å²) in [5.74, 6) is 0.679. The number of benzene rings is 1. The number of rotatable bonds is 4. The topological polar surface area (TPSA) is 110 Å². The van der Waals surface area contributed by atoms with Crippen LogP contribution in [0.3, 0.4) is 0 Å². The molecule has 26 heavy (non-hydrogen) atoms. The lowest BCUT2D eigenvalue weighted by Gasteiger charge is -2.34. The number of halogens is 1. The second-order valence-electron chi connectivity index (χ2n) is 5.76. The number of nitro groups is 1. The molecule has 138 valence electrons. The van der Waals surface area contributed by atoms with E-state index in [9.17, 15) is 18.5 Å². The molecular weight excluding hydrogens is 382 g/mol. The summed E-state index contributed by atoms with van der Waals surface area (Å²) in [5, 5.41) is 11.2. The van der Waals surface area contributed by atoms with Crippen molar-refractivity contribution in [3.63, 3.8) is 0 Å². The molecule has 3 rings (SSSR count). The summed E-state index contributed by atoms with van der Waals surface area (Å²) in [6, 6.07) is 2.32. The van der Waals surface area contributed by atoms with Crippen molar-refractivity contribution in [3.8, 4) is 0 Å². The van der Waals surface area contributed by atoms with Gasteiger partial charge >= 0.3 is 0 Å². The van der Waals surface area contributed by atoms with E-state index in [-0.39, 0.29) is 34.3 Å². The van der Waals surface area contributed by atoms with E-state index in [1.165, 1.54) is 17.3 Å². The van der Waals surface area contributed by atoms with E-state index in [0.29, 0.717) is 18.9 Å². The monoisotopic (exact) mass is 397 g/mol. The Kier molecular flexibility index (Phi) is 5.08. The first kappa shape index (κ1) is 18.5. The summed E-state index contributed by atoms with van der Waals surface area (Å²) in [5.41, 5.74) is -0.0719. The highest BCUT2D eigenvalue weighted by Crippen LogP contribution is 2.31. The standard InChI is InChI=1S/C15H16ClN5O4S/c1-11-13(16)8-12(9-14(11)21(22)23)26(24,25)20-6-4-19(5-7-20)15-10-17-2-3-18-15/h2-3,8-10H,4-7H2,1H3. The molecule has 1 aliphatic rings. The molecule has 1 saturated heterocycles. The fourth-order valence-electron chi connectivity index (χ4n) is 2.74. The molecule has 2 heterocycles. The molecule has 0 unspecified atom stereocenters. The van der Waals surface area contributed by atoms with Crippen molar-refractivity contribution in [2.24, 2.45) is 0 Å². The van der Waals surface area contributed by atoms with E-state index in [2.05, 4.69) is 9.97 Å². The first-order valence-electron chi connectivity index (χ1n) is 7.76. The lowest BCUT2D eigenvalue weighted by molar-refractivity contribution is -0.385. The highest BCUT2D eigenvalue weighted by molar-refractivity contribution is 7.89. The molecule has 11 heteroatoms. The molecule has 0 atom stereocenters. The van der Waals surface area contributed by atoms with Gasteiger partial charge in [0.1, 0.15) is 5.82 Å². The van der Waals surface area contributed by atoms with E-state index in [1.807, 2.05) is 4.90 Å². The maximum Gasteiger partial charge on any atom is 0.275 e. The fraction of sp³-hybridized carbons (Fsp3) is 0.333. The molecule has 1 aromatic carbocycles. The predicted molar refractivity (Wildman–Crippen MR) is 95.8 cm³/mol. The second-order valence-corrected chi connectivity index (χ2v) is 8.11. The number of hydrogen-bond donors (Lipinski definition) is 0. The SMILES string of the molecule is Cc1c(Cl)cc(S(=O)(=O)N2CCN(c3cnccn3)CC2)cc1[N+](=O)[O-]. The average molecular weight is 398 g/mol. The normalized spacial score (nSPS) is 15.8. The molecule has 1 aromatic heterocycles. The van der Waals surface area contributed by atoms with Crippen LogP contribution in [0.1, 0.15) is 5.56 Å². The van der Waals surface area contributed by atoms with Gasteiger partial charge in [0.2, 0.25) is 10.0 Å². The minimum Gasteiger partial charge on any atom is -0.353 e. The number of piperazine rings is 1. The largest absolute Gasteiger partial charge is 0.353 e. The summed E-state index contributed by atoms with van der Waals surface area (Å²) in [7, 11) is -3.88. The first-order valence-corrected chi connectivity index (χ1v) is 9.58. The third-order valence-corrected chi connectivity index (χ3v) is 6.51. The number of hydrogen-bond acceptors (Lipinski definition) is 7. The van der Waals surface area contributed by atoms with Gasteiger partial charge in [0.25, 0.3) is 5.69 Å². The number of nitro benzene ring substituents is 1. The van der Waals surface area contributed by atoms with Crippen molar-refractivity contribution < 1.29 is 13.3 Å². The lowest BCUT2D eigenvalue weighted by Crippen LogP contribution is -2.48. The fourth-order valence-corrected chi connectivity index (χ4v) is 4.49. The Hall–Kier alpha value is -2.30. The summed E-state index contributed by atoms with van der Waals surface area (Å²) >= 11 is 6.00. The molecule has 0 bridgehead atoms. The van der Waals surface area contributed by atoms with Crippen LogP contribution in [0.5, 0.6) is 0 Å². The zero-order valence-electron chi connectivity index (χ0n) is 13.9. The summed E-state index contributed by atoms with van der Waals surface area (Å²) in [6.07, 6.45) is 4.76. The van der Waals surface area contributed by atoms with Crippen molar-refractivity contribution in [1.82, 2.24) is 14.3 Å². The smallest absolute Gasteiger partial charge is 0.275 e. The van der Waals surface area contributed by atoms with Gasteiger partial charge in [0, 0.05) is 50.2 Å². The third-order valence-electron chi connectivity index (χ3n) is 4.24. The lowest BCUT2D eigenvalue weighted by atomic mass is 10.2. The number of nitrogens with zero attached hydrogens (tertiary/aromatic N) is 5. The molecule has 0 aliphatic carbocycles. The van der Waals surface area contributed by atoms with Crippen LogP contribution >= 0.6 is 11.6 Å². The number of aromatic nitrogens is 2. The molecule has 0 saturated carbocycles. The number of sulfonamides is 1. The van der Waals surface area contributed by atoms with E-state index in [1.54, 1.807) is 18.6 Å². The Balaban J connectivity index is 1.83. The Morgan fingerprint density at radius 3 is 2.46 bits per heavy atom. The van der Waals surface area contributed by atoms with E-state index >= 15 is 0 Å². The maximum atomic E-state index is 12.9. The molecular formula is C15H16ClN5O4S. The molecule has 0 radical (unpaired) electrons. The van der Waals surface area contributed by atoms with Gasteiger partial charge in [-0.2, -0.15) is 4.31 Å². The number of anilines is 1. The van der Waals surface area contributed by atoms with E-state index < -0.39 is 14.9 Å². The van der Waals surface area contributed by atoms with E-state index in [4.69, 9.17) is 11.6 Å². The van der Waals surface area contributed by atoms with Crippen LogP contribution < -0.4 is 4.90 Å². The van der Waals surface area contributed by atoms with Crippen LogP contribution in [0.15, 0.2) is 35.6 Å². The van der Waals surface area contributed by atoms with Crippen LogP contribution in [-0.4, -0.2) is 53.8 Å². The molecule has 9 nitrogen and oxygen atoms in total. The molecule has 1 fully saturated rings. The minimum absolute atomic E-state index is 0.0518. The van der Waals surface area contributed by atoms with Crippen molar-refractivity contribution in [3.05, 3.63) is 51.4 Å². The Morgan fingerprint density at radius 2 is 1.88 bits per heavy atom. The summed E-state index contributed by atoms with van der Waals surface area (Å²) in [6.45, 7) is 2.84. The quantitative estimate of drug-likeness (QED) is 0.572. The Bertz CT molecular complexity index is 931. The maximum absolute atomic E-state index is 12.9. The van der Waals surface area contributed by atoms with Gasteiger partial charge in [-0.05, 0) is 13.0 Å². The van der Waals surface area contributed by atoms with Crippen molar-refractivity contribution in [1.29, 1.82) is 0 Å². The van der Waals surface area contributed by atoms with Gasteiger partial charge in [0.15, 0.2) is 0 Å². The molecule has 1 aliphatic heterocycles. The highest BCUT2D eigenvalue weighted by Gasteiger charge is 2.31. The van der Waals surface area contributed by atoms with Gasteiger partial charge in [-0.3, -0.25) is 15.1 Å². The predicted octanol–water partition coefficient (Wildman–Crippen LogP) is 1.86. The molecule has 0 spiro atoms. The first-order chi connectivity index (χ1) is 12.3. The minimum atomic E-state index is -3.88. The van der Waals surface area contributed by atoms with Crippen LogP contribution in [0, 0.1) is 17.0 Å². The molecule has 2 aromatic rings. The van der Waals surface area contributed by atoms with Gasteiger partial charge in [0.05, 0.1) is 21.0 Å². The van der Waals surface area contributed by atoms with E-state index in [0.717, 1.165) is 6.07 Å². The van der Waals surface area contributed by atoms with Gasteiger partial charge in [-0.25, -0.2) is 13.4 Å². The van der Waals surface area contributed by atoms with Crippen molar-refractivity contribution in [2.45, 2.75) is 11.8 Å². The Morgan fingerprint density at radius 1 is 1.19 bits per heavy atom. The second kappa shape index (κ2) is 7.14. The van der Waals surface area contributed by atoms with Crippen molar-refractivity contribution in [2.75, 3.05) is 31.1 Å². The molecule has 0 amide bonds. The summed E-state index contributed by atoms with van der Waals surface area (Å²) in [4.78, 5) is 20.5. The average Bonchev–Trinajstić information content (AvgIpc) is 2.64. The highest BCUT2D eigenvalue weighted by atomic mass is 35.5. The summed E-state index contributed by atoms with van der Waals surface area (Å²) < 4.78 is 27.0. The van der Waals surface area contributed by atoms with Gasteiger partial charge in [-0.15, -0.1) is 0 Å². The van der Waals surface area contributed by atoms with Crippen LogP contribution in [0.4, 0.5) is 11.5 Å². The van der Waals surface area contributed by atoms with Gasteiger partial charge in [-0.1, -0.05) is 11.6 Å². The van der Waals surface area contributed by atoms with Crippen molar-refractivity contribution >= 4 is 33.1 Å². The molecule has 0 N–H and O–H groups in total. The van der Waals surface area contributed by atoms with Crippen LogP contribution in [0.25, 0.3) is 0 Å². The zero-order chi connectivity index (χ0) is 18.9. The third kappa shape index (κ3) is 3.48. The van der Waals surface area contributed by atoms with Crippen LogP contribution in [-0.2, 0) is 10.0 Å². The zero-order valence-corrected chi connectivity index (χ0v) is 15.4. The van der Waals surface area contributed by atoms with Gasteiger partial charge < -0.3 is 4.90 Å². The Labute approximate surface area is 155 Å².